The lowest BCUT2D eigenvalue weighted by molar-refractivity contribution is 0.0602. The number of hydrogen-bond donors (Lipinski definition) is 2. The molecule has 0 aliphatic rings. The number of aromatic nitrogens is 2. The smallest absolute Gasteiger partial charge is 0.340 e. The number of nitrogens with one attached hydrogen (secondary N) is 2. The lowest BCUT2D eigenvalue weighted by Gasteiger charge is -2.09. The van der Waals surface area contributed by atoms with E-state index < -0.39 is 23.1 Å². The summed E-state index contributed by atoms with van der Waals surface area (Å²) in [5.41, 5.74) is -1.01. The number of anilines is 1. The van der Waals surface area contributed by atoms with Crippen LogP contribution in [0.1, 0.15) is 26.3 Å². The zero-order chi connectivity index (χ0) is 20.3. The normalized spacial score (nSPS) is 10.5. The summed E-state index contributed by atoms with van der Waals surface area (Å²) in [5, 5.41) is 4.73. The average Bonchev–Trinajstić information content (AvgIpc) is 3.13. The maximum atomic E-state index is 12.7. The molecule has 0 fully saturated rings. The number of methoxy groups -OCH3 is 1. The predicted molar refractivity (Wildman–Crippen MR) is 105 cm³/mol. The number of thiophene rings is 1. The number of halogens is 1. The Hall–Kier alpha value is -3.17. The Bertz CT molecular complexity index is 1160. The molecule has 10 heteroatoms. The van der Waals surface area contributed by atoms with Gasteiger partial charge in [0.2, 0.25) is 0 Å². The van der Waals surface area contributed by atoms with Crippen molar-refractivity contribution in [2.75, 3.05) is 12.4 Å². The maximum absolute atomic E-state index is 12.7. The standard InChI is InChI=1S/C18H14ClN3O5S/c1-27-17(25)11-6-7-28-15(11)21-14(23)12-8-20-18(26)22(16(12)24)9-10-4-2-3-5-13(10)19/h2-8H,9H2,1H3,(H,20,26)(H,21,23). The fourth-order valence-corrected chi connectivity index (χ4v) is 3.43. The first kappa shape index (κ1) is 19.6. The summed E-state index contributed by atoms with van der Waals surface area (Å²) < 4.78 is 5.53. The van der Waals surface area contributed by atoms with Crippen LogP contribution in [0.4, 0.5) is 5.00 Å². The van der Waals surface area contributed by atoms with Crippen LogP contribution in [0.15, 0.2) is 51.5 Å². The van der Waals surface area contributed by atoms with Crippen LogP contribution in [0.3, 0.4) is 0 Å². The number of hydrogen-bond acceptors (Lipinski definition) is 6. The van der Waals surface area contributed by atoms with E-state index in [-0.39, 0.29) is 22.7 Å². The van der Waals surface area contributed by atoms with Crippen LogP contribution in [-0.4, -0.2) is 28.5 Å². The molecule has 3 rings (SSSR count). The summed E-state index contributed by atoms with van der Waals surface area (Å²) in [6.45, 7) is -0.0959. The number of amides is 1. The first-order chi connectivity index (χ1) is 13.4. The van der Waals surface area contributed by atoms with E-state index in [9.17, 15) is 19.2 Å². The van der Waals surface area contributed by atoms with E-state index in [1.807, 2.05) is 0 Å². The summed E-state index contributed by atoms with van der Waals surface area (Å²) in [6.07, 6.45) is 1.04. The third-order valence-corrected chi connectivity index (χ3v) is 5.09. The molecule has 144 valence electrons. The van der Waals surface area contributed by atoms with E-state index >= 15 is 0 Å². The number of H-pyrrole nitrogens is 1. The molecule has 0 saturated carbocycles. The molecule has 0 aliphatic heterocycles. The molecule has 0 atom stereocenters. The van der Waals surface area contributed by atoms with Gasteiger partial charge in [0.15, 0.2) is 0 Å². The SMILES string of the molecule is COC(=O)c1ccsc1NC(=O)c1c[nH]c(=O)n(Cc2ccccc2Cl)c1=O. The predicted octanol–water partition coefficient (Wildman–Crippen LogP) is 2.34. The van der Waals surface area contributed by atoms with Crippen molar-refractivity contribution >= 4 is 39.8 Å². The largest absolute Gasteiger partial charge is 0.465 e. The average molecular weight is 420 g/mol. The number of carbonyl (C=O) groups is 2. The van der Waals surface area contributed by atoms with E-state index in [0.717, 1.165) is 22.1 Å². The molecular weight excluding hydrogens is 406 g/mol. The highest BCUT2D eigenvalue weighted by Crippen LogP contribution is 2.24. The van der Waals surface area contributed by atoms with Gasteiger partial charge in [-0.05, 0) is 23.1 Å². The summed E-state index contributed by atoms with van der Waals surface area (Å²) in [4.78, 5) is 51.5. The Morgan fingerprint density at radius 3 is 2.68 bits per heavy atom. The second kappa shape index (κ2) is 8.24. The highest BCUT2D eigenvalue weighted by Gasteiger charge is 2.20. The Labute approximate surface area is 167 Å². The van der Waals surface area contributed by atoms with Gasteiger partial charge in [0.25, 0.3) is 11.5 Å². The number of ether oxygens (including phenoxy) is 1. The van der Waals surface area contributed by atoms with Crippen molar-refractivity contribution in [1.82, 2.24) is 9.55 Å². The molecule has 0 radical (unpaired) electrons. The molecule has 0 unspecified atom stereocenters. The number of aromatic amines is 1. The van der Waals surface area contributed by atoms with Crippen LogP contribution < -0.4 is 16.6 Å². The van der Waals surface area contributed by atoms with Crippen molar-refractivity contribution in [2.24, 2.45) is 0 Å². The van der Waals surface area contributed by atoms with Crippen molar-refractivity contribution in [2.45, 2.75) is 6.54 Å². The first-order valence-electron chi connectivity index (χ1n) is 7.95. The van der Waals surface area contributed by atoms with E-state index in [0.29, 0.717) is 10.6 Å². The van der Waals surface area contributed by atoms with Crippen LogP contribution in [-0.2, 0) is 11.3 Å². The fraction of sp³-hybridized carbons (Fsp3) is 0.111. The summed E-state index contributed by atoms with van der Waals surface area (Å²) in [6, 6.07) is 8.26. The highest BCUT2D eigenvalue weighted by atomic mass is 35.5. The van der Waals surface area contributed by atoms with Gasteiger partial charge in [0, 0.05) is 11.2 Å². The molecule has 0 spiro atoms. The van der Waals surface area contributed by atoms with Gasteiger partial charge in [0.05, 0.1) is 19.2 Å². The molecular formula is C18H14ClN3O5S. The molecule has 3 aromatic rings. The maximum Gasteiger partial charge on any atom is 0.340 e. The quantitative estimate of drug-likeness (QED) is 0.617. The second-order valence-corrected chi connectivity index (χ2v) is 6.92. The van der Waals surface area contributed by atoms with Crippen LogP contribution in [0.5, 0.6) is 0 Å². The van der Waals surface area contributed by atoms with Gasteiger partial charge in [-0.1, -0.05) is 29.8 Å². The molecule has 8 nitrogen and oxygen atoms in total. The Balaban J connectivity index is 1.93. The van der Waals surface area contributed by atoms with E-state index in [1.54, 1.807) is 29.6 Å². The van der Waals surface area contributed by atoms with Crippen molar-refractivity contribution in [3.8, 4) is 0 Å². The zero-order valence-corrected chi connectivity index (χ0v) is 16.1. The summed E-state index contributed by atoms with van der Waals surface area (Å²) >= 11 is 7.19. The van der Waals surface area contributed by atoms with Crippen LogP contribution >= 0.6 is 22.9 Å². The molecule has 0 aliphatic carbocycles. The van der Waals surface area contributed by atoms with E-state index in [1.165, 1.54) is 13.2 Å². The van der Waals surface area contributed by atoms with Gasteiger partial charge >= 0.3 is 11.7 Å². The summed E-state index contributed by atoms with van der Waals surface area (Å²) in [7, 11) is 1.22. The fourth-order valence-electron chi connectivity index (χ4n) is 2.46. The van der Waals surface area contributed by atoms with Gasteiger partial charge in [-0.2, -0.15) is 0 Å². The molecule has 2 N–H and O–H groups in total. The van der Waals surface area contributed by atoms with Crippen LogP contribution in [0.2, 0.25) is 5.02 Å². The van der Waals surface area contributed by atoms with Gasteiger partial charge in [-0.15, -0.1) is 11.3 Å². The van der Waals surface area contributed by atoms with Gasteiger partial charge < -0.3 is 15.0 Å². The number of nitrogens with zero attached hydrogens (tertiary/aromatic N) is 1. The van der Waals surface area contributed by atoms with Crippen molar-refractivity contribution in [3.05, 3.63) is 84.5 Å². The number of rotatable bonds is 5. The minimum absolute atomic E-state index is 0.0959. The molecule has 28 heavy (non-hydrogen) atoms. The first-order valence-corrected chi connectivity index (χ1v) is 9.21. The minimum atomic E-state index is -0.780. The van der Waals surface area contributed by atoms with E-state index in [4.69, 9.17) is 11.6 Å². The van der Waals surface area contributed by atoms with Crippen molar-refractivity contribution in [1.29, 1.82) is 0 Å². The Morgan fingerprint density at radius 1 is 1.21 bits per heavy atom. The molecule has 0 saturated heterocycles. The Morgan fingerprint density at radius 2 is 1.96 bits per heavy atom. The highest BCUT2D eigenvalue weighted by molar-refractivity contribution is 7.14. The van der Waals surface area contributed by atoms with Crippen LogP contribution in [0.25, 0.3) is 0 Å². The number of benzene rings is 1. The molecule has 1 amide bonds. The zero-order valence-electron chi connectivity index (χ0n) is 14.5. The lowest BCUT2D eigenvalue weighted by Crippen LogP contribution is -2.39. The third kappa shape index (κ3) is 3.90. The van der Waals surface area contributed by atoms with Gasteiger partial charge in [0.1, 0.15) is 10.6 Å². The van der Waals surface area contributed by atoms with Crippen LogP contribution in [0, 0.1) is 0 Å². The van der Waals surface area contributed by atoms with Crippen molar-refractivity contribution in [3.63, 3.8) is 0 Å². The monoisotopic (exact) mass is 419 g/mol. The molecule has 2 aromatic heterocycles. The molecule has 2 heterocycles. The molecule has 0 bridgehead atoms. The molecule has 1 aromatic carbocycles. The summed E-state index contributed by atoms with van der Waals surface area (Å²) in [5.74, 6) is -1.38. The topological polar surface area (TPSA) is 110 Å². The van der Waals surface area contributed by atoms with Gasteiger partial charge in [-0.25, -0.2) is 9.59 Å². The minimum Gasteiger partial charge on any atom is -0.465 e. The number of esters is 1. The third-order valence-electron chi connectivity index (χ3n) is 3.89. The lowest BCUT2D eigenvalue weighted by atomic mass is 10.2. The Kier molecular flexibility index (Phi) is 5.76. The van der Waals surface area contributed by atoms with Gasteiger partial charge in [-0.3, -0.25) is 14.2 Å². The van der Waals surface area contributed by atoms with E-state index in [2.05, 4.69) is 15.0 Å². The second-order valence-electron chi connectivity index (χ2n) is 5.60. The number of carbonyl (C=O) groups excluding carboxylic acids is 2. The van der Waals surface area contributed by atoms with Crippen molar-refractivity contribution < 1.29 is 14.3 Å².